The third kappa shape index (κ3) is 1.77. The molecule has 15 heavy (non-hydrogen) atoms. The number of hydrogen-bond acceptors (Lipinski definition) is 2. The Labute approximate surface area is 95.0 Å². The zero-order chi connectivity index (χ0) is 10.3. The first-order valence-electron chi connectivity index (χ1n) is 5.70. The van der Waals surface area contributed by atoms with Crippen molar-refractivity contribution in [1.29, 1.82) is 0 Å². The number of pyridine rings is 1. The number of rotatable bonds is 1. The first kappa shape index (κ1) is 9.61. The third-order valence-corrected chi connectivity index (χ3v) is 3.99. The van der Waals surface area contributed by atoms with E-state index in [0.717, 1.165) is 12.0 Å². The fourth-order valence-electron chi connectivity index (χ4n) is 2.95. The first-order chi connectivity index (χ1) is 7.33. The molecule has 0 amide bonds. The number of halogens is 1. The highest BCUT2D eigenvalue weighted by Gasteiger charge is 2.35. The van der Waals surface area contributed by atoms with Crippen molar-refractivity contribution in [3.63, 3.8) is 0 Å². The molecule has 3 fully saturated rings. The molecule has 3 heterocycles. The molecular weight excluding hydrogens is 208 g/mol. The fourth-order valence-corrected chi connectivity index (χ4v) is 3.06. The molecular formula is C12H15ClN2. The lowest BCUT2D eigenvalue weighted by atomic mass is 9.74. The van der Waals surface area contributed by atoms with Gasteiger partial charge in [0, 0.05) is 18.3 Å². The van der Waals surface area contributed by atoms with Crippen LogP contribution in [0.25, 0.3) is 0 Å². The van der Waals surface area contributed by atoms with E-state index in [1.54, 1.807) is 0 Å². The van der Waals surface area contributed by atoms with Crippen LogP contribution in [0.5, 0.6) is 0 Å². The summed E-state index contributed by atoms with van der Waals surface area (Å²) in [6, 6.07) is 5.24. The standard InChI is InChI=1S/C12H15ClN2/c13-11-6-3-9(7-14-11)12-8-1-4-10(15-12)5-2-8/h3,6-8,10,12,15H,1-2,4-5H2. The topological polar surface area (TPSA) is 24.9 Å². The highest BCUT2D eigenvalue weighted by molar-refractivity contribution is 6.29. The maximum absolute atomic E-state index is 5.80. The number of fused-ring (bicyclic) bond motifs is 3. The molecule has 2 bridgehead atoms. The molecule has 3 heteroatoms. The molecule has 4 rings (SSSR count). The van der Waals surface area contributed by atoms with E-state index in [-0.39, 0.29) is 0 Å². The highest BCUT2D eigenvalue weighted by atomic mass is 35.5. The first-order valence-corrected chi connectivity index (χ1v) is 6.08. The van der Waals surface area contributed by atoms with Crippen LogP contribution in [0.15, 0.2) is 18.3 Å². The lowest BCUT2D eigenvalue weighted by Gasteiger charge is -2.43. The van der Waals surface area contributed by atoms with Gasteiger partial charge in [0.05, 0.1) is 0 Å². The second-order valence-corrected chi connectivity index (χ2v) is 5.06. The Bertz CT molecular complexity index is 341. The van der Waals surface area contributed by atoms with Crippen molar-refractivity contribution in [2.45, 2.75) is 37.8 Å². The van der Waals surface area contributed by atoms with E-state index in [1.165, 1.54) is 31.2 Å². The molecule has 80 valence electrons. The second kappa shape index (κ2) is 3.76. The van der Waals surface area contributed by atoms with Gasteiger partial charge in [-0.3, -0.25) is 0 Å². The molecule has 0 radical (unpaired) electrons. The molecule has 1 atom stereocenters. The summed E-state index contributed by atoms with van der Waals surface area (Å²) in [4.78, 5) is 4.16. The molecule has 2 saturated heterocycles. The van der Waals surface area contributed by atoms with Gasteiger partial charge >= 0.3 is 0 Å². The van der Waals surface area contributed by atoms with Crippen molar-refractivity contribution >= 4 is 11.6 Å². The van der Waals surface area contributed by atoms with Crippen LogP contribution in [0, 0.1) is 5.92 Å². The van der Waals surface area contributed by atoms with Crippen LogP contribution in [-0.4, -0.2) is 11.0 Å². The van der Waals surface area contributed by atoms with Gasteiger partial charge in [-0.25, -0.2) is 4.98 Å². The predicted molar refractivity (Wildman–Crippen MR) is 60.9 cm³/mol. The summed E-state index contributed by atoms with van der Waals surface area (Å²) >= 11 is 5.80. The van der Waals surface area contributed by atoms with Crippen LogP contribution < -0.4 is 5.32 Å². The molecule has 1 N–H and O–H groups in total. The number of piperidine rings is 2. The van der Waals surface area contributed by atoms with Crippen LogP contribution in [-0.2, 0) is 0 Å². The molecule has 0 spiro atoms. The van der Waals surface area contributed by atoms with Gasteiger partial charge in [0.15, 0.2) is 0 Å². The summed E-state index contributed by atoms with van der Waals surface area (Å²) in [5, 5.41) is 4.29. The van der Waals surface area contributed by atoms with Crippen molar-refractivity contribution in [3.8, 4) is 0 Å². The number of hydrogen-bond donors (Lipinski definition) is 1. The van der Waals surface area contributed by atoms with Gasteiger partial charge in [-0.15, -0.1) is 0 Å². The van der Waals surface area contributed by atoms with Gasteiger partial charge in [-0.1, -0.05) is 17.7 Å². The van der Waals surface area contributed by atoms with E-state index in [1.807, 2.05) is 12.3 Å². The minimum absolute atomic E-state index is 0.516. The maximum Gasteiger partial charge on any atom is 0.129 e. The molecule has 1 unspecified atom stereocenters. The van der Waals surface area contributed by atoms with Crippen molar-refractivity contribution in [2.24, 2.45) is 5.92 Å². The van der Waals surface area contributed by atoms with Gasteiger partial charge in [0.2, 0.25) is 0 Å². The minimum atomic E-state index is 0.516. The zero-order valence-electron chi connectivity index (χ0n) is 8.62. The number of nitrogens with zero attached hydrogens (tertiary/aromatic N) is 1. The van der Waals surface area contributed by atoms with Crippen molar-refractivity contribution < 1.29 is 0 Å². The molecule has 1 aromatic rings. The van der Waals surface area contributed by atoms with Crippen molar-refractivity contribution in [3.05, 3.63) is 29.0 Å². The lowest BCUT2D eigenvalue weighted by Crippen LogP contribution is -2.46. The van der Waals surface area contributed by atoms with E-state index in [0.29, 0.717) is 11.2 Å². The predicted octanol–water partition coefficient (Wildman–Crippen LogP) is 2.94. The smallest absolute Gasteiger partial charge is 0.129 e. The van der Waals surface area contributed by atoms with Gasteiger partial charge in [0.1, 0.15) is 5.15 Å². The lowest BCUT2D eigenvalue weighted by molar-refractivity contribution is 0.149. The second-order valence-electron chi connectivity index (χ2n) is 4.67. The Morgan fingerprint density at radius 1 is 1.20 bits per heavy atom. The molecule has 2 nitrogen and oxygen atoms in total. The monoisotopic (exact) mass is 222 g/mol. The Kier molecular flexibility index (Phi) is 2.41. The SMILES string of the molecule is Clc1ccc(C2NC3CCC2CC3)cn1. The van der Waals surface area contributed by atoms with Crippen LogP contribution in [0.3, 0.4) is 0 Å². The summed E-state index contributed by atoms with van der Waals surface area (Å²) < 4.78 is 0. The molecule has 0 aromatic carbocycles. The molecule has 1 saturated carbocycles. The molecule has 1 aliphatic carbocycles. The Hall–Kier alpha value is -0.600. The Balaban J connectivity index is 1.85. The molecule has 1 aromatic heterocycles. The third-order valence-electron chi connectivity index (χ3n) is 3.77. The van der Waals surface area contributed by atoms with Crippen LogP contribution in [0.4, 0.5) is 0 Å². The Morgan fingerprint density at radius 3 is 2.53 bits per heavy atom. The summed E-state index contributed by atoms with van der Waals surface area (Å²) in [5.74, 6) is 0.804. The highest BCUT2D eigenvalue weighted by Crippen LogP contribution is 2.40. The van der Waals surface area contributed by atoms with Crippen molar-refractivity contribution in [2.75, 3.05) is 0 Å². The minimum Gasteiger partial charge on any atom is -0.307 e. The average Bonchev–Trinajstić information content (AvgIpc) is 2.31. The molecule has 3 aliphatic rings. The quantitative estimate of drug-likeness (QED) is 0.740. The van der Waals surface area contributed by atoms with E-state index < -0.39 is 0 Å². The number of nitrogens with one attached hydrogen (secondary N) is 1. The summed E-state index contributed by atoms with van der Waals surface area (Å²) in [7, 11) is 0. The van der Waals surface area contributed by atoms with E-state index in [9.17, 15) is 0 Å². The Morgan fingerprint density at radius 2 is 2.00 bits per heavy atom. The zero-order valence-corrected chi connectivity index (χ0v) is 9.37. The van der Waals surface area contributed by atoms with Gasteiger partial charge in [-0.2, -0.15) is 0 Å². The molecule has 2 aliphatic heterocycles. The summed E-state index contributed by atoms with van der Waals surface area (Å²) in [6.45, 7) is 0. The number of aromatic nitrogens is 1. The van der Waals surface area contributed by atoms with E-state index >= 15 is 0 Å². The fraction of sp³-hybridized carbons (Fsp3) is 0.583. The van der Waals surface area contributed by atoms with Crippen LogP contribution >= 0.6 is 11.6 Å². The van der Waals surface area contributed by atoms with Crippen LogP contribution in [0.2, 0.25) is 5.15 Å². The van der Waals surface area contributed by atoms with Crippen LogP contribution in [0.1, 0.15) is 37.3 Å². The normalized spacial score (nSPS) is 34.3. The van der Waals surface area contributed by atoms with E-state index in [2.05, 4.69) is 16.4 Å². The van der Waals surface area contributed by atoms with Gasteiger partial charge in [-0.05, 0) is 43.2 Å². The van der Waals surface area contributed by atoms with E-state index in [4.69, 9.17) is 11.6 Å². The average molecular weight is 223 g/mol. The largest absolute Gasteiger partial charge is 0.307 e. The maximum atomic E-state index is 5.80. The van der Waals surface area contributed by atoms with Gasteiger partial charge in [0.25, 0.3) is 0 Å². The van der Waals surface area contributed by atoms with Crippen molar-refractivity contribution in [1.82, 2.24) is 10.3 Å². The summed E-state index contributed by atoms with van der Waals surface area (Å²) in [5.41, 5.74) is 1.30. The van der Waals surface area contributed by atoms with Gasteiger partial charge < -0.3 is 5.32 Å². The summed E-state index contributed by atoms with van der Waals surface area (Å²) in [6.07, 6.45) is 7.35.